The van der Waals surface area contributed by atoms with Gasteiger partial charge in [-0.25, -0.2) is 15.0 Å². The van der Waals surface area contributed by atoms with Gasteiger partial charge in [0.1, 0.15) is 0 Å². The predicted octanol–water partition coefficient (Wildman–Crippen LogP) is 3.29. The van der Waals surface area contributed by atoms with Gasteiger partial charge in [-0.3, -0.25) is 9.63 Å². The van der Waals surface area contributed by atoms with Crippen molar-refractivity contribution in [3.05, 3.63) is 51.3 Å². The first-order chi connectivity index (χ1) is 11.9. The average molecular weight is 381 g/mol. The van der Waals surface area contributed by atoms with E-state index in [0.29, 0.717) is 47.8 Å². The lowest BCUT2D eigenvalue weighted by Gasteiger charge is -2.21. The molecule has 1 aromatic heterocycles. The van der Waals surface area contributed by atoms with E-state index in [1.54, 1.807) is 28.2 Å². The summed E-state index contributed by atoms with van der Waals surface area (Å²) in [5.74, 6) is 0.383. The Bertz CT molecular complexity index is 760. The second-order valence-electron chi connectivity index (χ2n) is 5.84. The van der Waals surface area contributed by atoms with Crippen molar-refractivity contribution < 1.29 is 9.63 Å². The molecule has 25 heavy (non-hydrogen) atoms. The largest absolute Gasteiger partial charge is 0.334 e. The third-order valence-electron chi connectivity index (χ3n) is 3.77. The maximum atomic E-state index is 12.7. The molecule has 6 nitrogen and oxygen atoms in total. The first-order valence-electron chi connectivity index (χ1n) is 7.90. The Morgan fingerprint density at radius 2 is 1.64 bits per heavy atom. The van der Waals surface area contributed by atoms with Crippen LogP contribution in [0.1, 0.15) is 21.7 Å². The normalized spacial score (nSPS) is 15.2. The van der Waals surface area contributed by atoms with Crippen LogP contribution >= 0.6 is 23.2 Å². The molecule has 0 atom stereocenters. The Morgan fingerprint density at radius 3 is 2.28 bits per heavy atom. The SMILES string of the molecule is Cc1cc(C)nc(N2CCN(C(=O)c3cc(Cl)cc(Cl)c3)CCO2)n1. The molecule has 1 aliphatic heterocycles. The number of anilines is 1. The summed E-state index contributed by atoms with van der Waals surface area (Å²) < 4.78 is 0. The second-order valence-corrected chi connectivity index (χ2v) is 6.71. The van der Waals surface area contributed by atoms with Crippen molar-refractivity contribution in [2.45, 2.75) is 13.8 Å². The summed E-state index contributed by atoms with van der Waals surface area (Å²) in [6, 6.07) is 6.74. The molecule has 132 valence electrons. The molecule has 0 spiro atoms. The van der Waals surface area contributed by atoms with E-state index < -0.39 is 0 Å². The molecule has 3 rings (SSSR count). The van der Waals surface area contributed by atoms with Gasteiger partial charge in [0.05, 0.1) is 13.2 Å². The van der Waals surface area contributed by atoms with Crippen LogP contribution < -0.4 is 5.06 Å². The second kappa shape index (κ2) is 7.56. The lowest BCUT2D eigenvalue weighted by molar-refractivity contribution is 0.0729. The van der Waals surface area contributed by atoms with Crippen molar-refractivity contribution in [3.63, 3.8) is 0 Å². The molecule has 1 amide bonds. The van der Waals surface area contributed by atoms with Crippen LogP contribution in [-0.2, 0) is 4.84 Å². The number of hydroxylamine groups is 1. The van der Waals surface area contributed by atoms with E-state index >= 15 is 0 Å². The number of aryl methyl sites for hydroxylation is 2. The van der Waals surface area contributed by atoms with E-state index in [0.717, 1.165) is 11.4 Å². The lowest BCUT2D eigenvalue weighted by Crippen LogP contribution is -2.35. The van der Waals surface area contributed by atoms with E-state index in [-0.39, 0.29) is 5.91 Å². The highest BCUT2D eigenvalue weighted by atomic mass is 35.5. The number of hydrogen-bond donors (Lipinski definition) is 0. The van der Waals surface area contributed by atoms with Crippen LogP contribution in [0.15, 0.2) is 24.3 Å². The quantitative estimate of drug-likeness (QED) is 0.799. The highest BCUT2D eigenvalue weighted by Crippen LogP contribution is 2.21. The number of rotatable bonds is 2. The van der Waals surface area contributed by atoms with Crippen molar-refractivity contribution in [2.75, 3.05) is 31.3 Å². The van der Waals surface area contributed by atoms with Gasteiger partial charge in [0.2, 0.25) is 5.95 Å². The molecule has 0 N–H and O–H groups in total. The number of aromatic nitrogens is 2. The van der Waals surface area contributed by atoms with Gasteiger partial charge in [0.15, 0.2) is 0 Å². The van der Waals surface area contributed by atoms with Gasteiger partial charge in [-0.15, -0.1) is 0 Å². The van der Waals surface area contributed by atoms with Gasteiger partial charge in [-0.05, 0) is 38.1 Å². The molecule has 2 aromatic rings. The van der Waals surface area contributed by atoms with Crippen LogP contribution in [0.4, 0.5) is 5.95 Å². The molecule has 8 heteroatoms. The van der Waals surface area contributed by atoms with Crippen molar-refractivity contribution >= 4 is 35.1 Å². The summed E-state index contributed by atoms with van der Waals surface area (Å²) in [4.78, 5) is 29.0. The Balaban J connectivity index is 1.73. The van der Waals surface area contributed by atoms with Crippen molar-refractivity contribution in [1.29, 1.82) is 0 Å². The van der Waals surface area contributed by atoms with Gasteiger partial charge >= 0.3 is 0 Å². The number of benzene rings is 1. The highest BCUT2D eigenvalue weighted by molar-refractivity contribution is 6.35. The highest BCUT2D eigenvalue weighted by Gasteiger charge is 2.23. The molecule has 1 aromatic carbocycles. The number of carbonyl (C=O) groups excluding carboxylic acids is 1. The first-order valence-corrected chi connectivity index (χ1v) is 8.66. The summed E-state index contributed by atoms with van der Waals surface area (Å²) in [6.45, 7) is 5.60. The zero-order valence-corrected chi connectivity index (χ0v) is 15.5. The van der Waals surface area contributed by atoms with E-state index in [1.165, 1.54) is 0 Å². The standard InChI is InChI=1S/C17H18Cl2N4O2/c1-11-7-12(2)21-17(20-11)23-4-3-22(5-6-25-23)16(24)13-8-14(18)10-15(19)9-13/h7-10H,3-6H2,1-2H3. The molecular weight excluding hydrogens is 363 g/mol. The third kappa shape index (κ3) is 4.39. The van der Waals surface area contributed by atoms with E-state index in [9.17, 15) is 4.79 Å². The van der Waals surface area contributed by atoms with Crippen molar-refractivity contribution in [2.24, 2.45) is 0 Å². The van der Waals surface area contributed by atoms with Crippen LogP contribution in [0.3, 0.4) is 0 Å². The van der Waals surface area contributed by atoms with E-state index in [2.05, 4.69) is 9.97 Å². The Morgan fingerprint density at radius 1 is 1.00 bits per heavy atom. The fourth-order valence-corrected chi connectivity index (χ4v) is 3.21. The molecule has 0 unspecified atom stereocenters. The van der Waals surface area contributed by atoms with E-state index in [4.69, 9.17) is 28.0 Å². The topological polar surface area (TPSA) is 58.6 Å². The molecule has 0 bridgehead atoms. The van der Waals surface area contributed by atoms with Gasteiger partial charge in [-0.2, -0.15) is 0 Å². The van der Waals surface area contributed by atoms with Crippen LogP contribution in [-0.4, -0.2) is 47.0 Å². The van der Waals surface area contributed by atoms with Gasteiger partial charge < -0.3 is 4.90 Å². The average Bonchev–Trinajstić information content (AvgIpc) is 2.78. The number of nitrogens with zero attached hydrogens (tertiary/aromatic N) is 4. The minimum atomic E-state index is -0.129. The Labute approximate surface area is 156 Å². The molecule has 1 saturated heterocycles. The summed E-state index contributed by atoms with van der Waals surface area (Å²) in [6.07, 6.45) is 0. The fraction of sp³-hybridized carbons (Fsp3) is 0.353. The predicted molar refractivity (Wildman–Crippen MR) is 97.2 cm³/mol. The van der Waals surface area contributed by atoms with E-state index in [1.807, 2.05) is 19.9 Å². The summed E-state index contributed by atoms with van der Waals surface area (Å²) in [5.41, 5.74) is 2.21. The zero-order chi connectivity index (χ0) is 18.0. The van der Waals surface area contributed by atoms with Crippen LogP contribution in [0.25, 0.3) is 0 Å². The van der Waals surface area contributed by atoms with Crippen LogP contribution in [0.2, 0.25) is 10.0 Å². The minimum Gasteiger partial charge on any atom is -0.334 e. The third-order valence-corrected chi connectivity index (χ3v) is 4.21. The summed E-state index contributed by atoms with van der Waals surface area (Å²) in [5, 5.41) is 2.51. The molecular formula is C17H18Cl2N4O2. The van der Waals surface area contributed by atoms with Crippen molar-refractivity contribution in [3.8, 4) is 0 Å². The number of amides is 1. The van der Waals surface area contributed by atoms with Gasteiger partial charge in [-0.1, -0.05) is 23.2 Å². The smallest absolute Gasteiger partial charge is 0.254 e. The van der Waals surface area contributed by atoms with Crippen molar-refractivity contribution in [1.82, 2.24) is 14.9 Å². The molecule has 1 fully saturated rings. The molecule has 0 aliphatic carbocycles. The first kappa shape index (κ1) is 17.9. The van der Waals surface area contributed by atoms with Gasteiger partial charge in [0, 0.05) is 40.1 Å². The Kier molecular flexibility index (Phi) is 5.42. The maximum absolute atomic E-state index is 12.7. The van der Waals surface area contributed by atoms with Crippen LogP contribution in [0, 0.1) is 13.8 Å². The lowest BCUT2D eigenvalue weighted by atomic mass is 10.2. The maximum Gasteiger partial charge on any atom is 0.254 e. The molecule has 1 aliphatic rings. The number of hydrogen-bond acceptors (Lipinski definition) is 5. The molecule has 0 saturated carbocycles. The number of carbonyl (C=O) groups is 1. The molecule has 2 heterocycles. The molecule has 0 radical (unpaired) electrons. The fourth-order valence-electron chi connectivity index (χ4n) is 2.69. The monoisotopic (exact) mass is 380 g/mol. The summed E-state index contributed by atoms with van der Waals surface area (Å²) in [7, 11) is 0. The number of halogens is 2. The zero-order valence-electron chi connectivity index (χ0n) is 14.0. The van der Waals surface area contributed by atoms with Crippen LogP contribution in [0.5, 0.6) is 0 Å². The Hall–Kier alpha value is -1.89. The van der Waals surface area contributed by atoms with Gasteiger partial charge in [0.25, 0.3) is 5.91 Å². The minimum absolute atomic E-state index is 0.129. The summed E-state index contributed by atoms with van der Waals surface area (Å²) >= 11 is 12.0.